The monoisotopic (exact) mass is 271 g/mol. The van der Waals surface area contributed by atoms with Crippen molar-refractivity contribution in [2.45, 2.75) is 32.2 Å². The Morgan fingerprint density at radius 2 is 2.28 bits per heavy atom. The van der Waals surface area contributed by atoms with Crippen LogP contribution in [0.2, 0.25) is 0 Å². The number of hydrogen-bond donors (Lipinski definition) is 2. The maximum Gasteiger partial charge on any atom is 0.326 e. The fourth-order valence-electron chi connectivity index (χ4n) is 1.51. The van der Waals surface area contributed by atoms with Gasteiger partial charge in [0.1, 0.15) is 16.7 Å². The van der Waals surface area contributed by atoms with Gasteiger partial charge in [-0.3, -0.25) is 4.79 Å². The predicted octanol–water partition coefficient (Wildman–Crippen LogP) is 2.13. The van der Waals surface area contributed by atoms with Gasteiger partial charge in [-0.2, -0.15) is 0 Å². The Kier molecular flexibility index (Phi) is 5.64. The molecule has 5 nitrogen and oxygen atoms in total. The SMILES string of the molecule is CCCCC(NC(=O)c1sccc1OC)C(=O)O. The summed E-state index contributed by atoms with van der Waals surface area (Å²) in [5.74, 6) is -0.935. The molecule has 1 aromatic rings. The average molecular weight is 271 g/mol. The Morgan fingerprint density at radius 1 is 1.56 bits per heavy atom. The molecule has 1 rings (SSSR count). The van der Waals surface area contributed by atoms with E-state index in [0.29, 0.717) is 17.0 Å². The summed E-state index contributed by atoms with van der Waals surface area (Å²) >= 11 is 1.23. The fourth-order valence-corrected chi connectivity index (χ4v) is 2.27. The number of ether oxygens (including phenoxy) is 1. The van der Waals surface area contributed by atoms with E-state index in [2.05, 4.69) is 5.32 Å². The topological polar surface area (TPSA) is 75.6 Å². The first kappa shape index (κ1) is 14.5. The molecule has 6 heteroatoms. The van der Waals surface area contributed by atoms with Gasteiger partial charge >= 0.3 is 5.97 Å². The van der Waals surface area contributed by atoms with Gasteiger partial charge in [-0.05, 0) is 17.9 Å². The maximum atomic E-state index is 11.9. The number of hydrogen-bond acceptors (Lipinski definition) is 4. The van der Waals surface area contributed by atoms with Gasteiger partial charge in [0.25, 0.3) is 5.91 Å². The van der Waals surface area contributed by atoms with E-state index in [1.165, 1.54) is 18.4 Å². The number of carboxylic acids is 1. The number of carboxylic acid groups (broad SMARTS) is 1. The number of carbonyl (C=O) groups is 2. The first-order chi connectivity index (χ1) is 8.60. The molecule has 0 radical (unpaired) electrons. The molecule has 0 aliphatic heterocycles. The van der Waals surface area contributed by atoms with E-state index < -0.39 is 17.9 Å². The van der Waals surface area contributed by atoms with Crippen LogP contribution < -0.4 is 10.1 Å². The molecule has 1 aromatic heterocycles. The lowest BCUT2D eigenvalue weighted by atomic mass is 10.1. The molecule has 18 heavy (non-hydrogen) atoms. The van der Waals surface area contributed by atoms with Crippen molar-refractivity contribution in [2.24, 2.45) is 0 Å². The Morgan fingerprint density at radius 3 is 2.83 bits per heavy atom. The van der Waals surface area contributed by atoms with Crippen molar-refractivity contribution >= 4 is 23.2 Å². The van der Waals surface area contributed by atoms with Crippen LogP contribution in [0.4, 0.5) is 0 Å². The van der Waals surface area contributed by atoms with Gasteiger partial charge < -0.3 is 15.2 Å². The molecule has 2 N–H and O–H groups in total. The molecule has 0 aromatic carbocycles. The zero-order valence-electron chi connectivity index (χ0n) is 10.4. The minimum Gasteiger partial charge on any atom is -0.495 e. The summed E-state index contributed by atoms with van der Waals surface area (Å²) in [5.41, 5.74) is 0. The van der Waals surface area contributed by atoms with E-state index in [9.17, 15) is 9.59 Å². The second-order valence-electron chi connectivity index (χ2n) is 3.82. The Balaban J connectivity index is 2.69. The highest BCUT2D eigenvalue weighted by atomic mass is 32.1. The van der Waals surface area contributed by atoms with Gasteiger partial charge in [0, 0.05) is 0 Å². The molecule has 1 amide bonds. The molecular weight excluding hydrogens is 254 g/mol. The Labute approximate surface area is 110 Å². The molecule has 0 saturated carbocycles. The van der Waals surface area contributed by atoms with E-state index in [0.717, 1.165) is 12.8 Å². The molecule has 0 aliphatic carbocycles. The standard InChI is InChI=1S/C12H17NO4S/c1-3-4-5-8(12(15)16)13-11(14)10-9(17-2)6-7-18-10/h6-8H,3-5H2,1-2H3,(H,13,14)(H,15,16). The summed E-state index contributed by atoms with van der Waals surface area (Å²) in [7, 11) is 1.48. The number of carbonyl (C=O) groups excluding carboxylic acids is 1. The first-order valence-electron chi connectivity index (χ1n) is 5.75. The summed E-state index contributed by atoms with van der Waals surface area (Å²) in [6.45, 7) is 1.98. The molecule has 0 aliphatic rings. The average Bonchev–Trinajstić information content (AvgIpc) is 2.82. The van der Waals surface area contributed by atoms with Crippen molar-refractivity contribution in [1.29, 1.82) is 0 Å². The molecule has 1 atom stereocenters. The van der Waals surface area contributed by atoms with E-state index in [-0.39, 0.29) is 0 Å². The smallest absolute Gasteiger partial charge is 0.326 e. The quantitative estimate of drug-likeness (QED) is 0.796. The third-order valence-corrected chi connectivity index (χ3v) is 3.40. The van der Waals surface area contributed by atoms with Crippen LogP contribution in [0.25, 0.3) is 0 Å². The predicted molar refractivity (Wildman–Crippen MR) is 69.3 cm³/mol. The minimum atomic E-state index is -1.01. The Hall–Kier alpha value is -1.56. The van der Waals surface area contributed by atoms with Gasteiger partial charge in [0.15, 0.2) is 0 Å². The van der Waals surface area contributed by atoms with E-state index in [1.54, 1.807) is 11.4 Å². The zero-order chi connectivity index (χ0) is 13.5. The third kappa shape index (κ3) is 3.73. The summed E-state index contributed by atoms with van der Waals surface area (Å²) in [5, 5.41) is 13.3. The molecule has 0 spiro atoms. The van der Waals surface area contributed by atoms with Crippen LogP contribution in [0.1, 0.15) is 35.9 Å². The highest BCUT2D eigenvalue weighted by molar-refractivity contribution is 7.12. The highest BCUT2D eigenvalue weighted by Gasteiger charge is 2.22. The van der Waals surface area contributed by atoms with E-state index in [1.807, 2.05) is 6.92 Å². The second kappa shape index (κ2) is 7.00. The number of amides is 1. The number of thiophene rings is 1. The number of rotatable bonds is 7. The molecule has 0 fully saturated rings. The largest absolute Gasteiger partial charge is 0.495 e. The zero-order valence-corrected chi connectivity index (χ0v) is 11.3. The molecule has 0 saturated heterocycles. The van der Waals surface area contributed by atoms with Gasteiger partial charge in [-0.1, -0.05) is 19.8 Å². The van der Waals surface area contributed by atoms with Gasteiger partial charge in [0.2, 0.25) is 0 Å². The summed E-state index contributed by atoms with van der Waals surface area (Å²) in [6, 6.07) is 0.839. The number of unbranched alkanes of at least 4 members (excludes halogenated alkanes) is 1. The number of methoxy groups -OCH3 is 1. The summed E-state index contributed by atoms with van der Waals surface area (Å²) in [4.78, 5) is 23.3. The van der Waals surface area contributed by atoms with Crippen LogP contribution in [0, 0.1) is 0 Å². The van der Waals surface area contributed by atoms with Crippen molar-refractivity contribution in [2.75, 3.05) is 7.11 Å². The van der Waals surface area contributed by atoms with Crippen molar-refractivity contribution in [3.05, 3.63) is 16.3 Å². The van der Waals surface area contributed by atoms with Crippen LogP contribution in [-0.2, 0) is 4.79 Å². The van der Waals surface area contributed by atoms with Crippen molar-refractivity contribution in [1.82, 2.24) is 5.32 Å². The lowest BCUT2D eigenvalue weighted by molar-refractivity contribution is -0.139. The molecule has 100 valence electrons. The minimum absolute atomic E-state index is 0.398. The van der Waals surface area contributed by atoms with Crippen molar-refractivity contribution in [3.63, 3.8) is 0 Å². The van der Waals surface area contributed by atoms with Crippen LogP contribution in [0.15, 0.2) is 11.4 Å². The second-order valence-corrected chi connectivity index (χ2v) is 4.74. The molecule has 1 unspecified atom stereocenters. The van der Waals surface area contributed by atoms with Crippen molar-refractivity contribution < 1.29 is 19.4 Å². The lowest BCUT2D eigenvalue weighted by Crippen LogP contribution is -2.40. The number of nitrogens with one attached hydrogen (secondary N) is 1. The fraction of sp³-hybridized carbons (Fsp3) is 0.500. The molecule has 0 bridgehead atoms. The molecule has 1 heterocycles. The van der Waals surface area contributed by atoms with Crippen LogP contribution >= 0.6 is 11.3 Å². The first-order valence-corrected chi connectivity index (χ1v) is 6.63. The van der Waals surface area contributed by atoms with Crippen LogP contribution in [-0.4, -0.2) is 30.1 Å². The summed E-state index contributed by atoms with van der Waals surface area (Å²) in [6.07, 6.45) is 2.09. The van der Waals surface area contributed by atoms with E-state index >= 15 is 0 Å². The van der Waals surface area contributed by atoms with Gasteiger partial charge in [-0.15, -0.1) is 11.3 Å². The lowest BCUT2D eigenvalue weighted by Gasteiger charge is -2.13. The van der Waals surface area contributed by atoms with Gasteiger partial charge in [-0.25, -0.2) is 4.79 Å². The van der Waals surface area contributed by atoms with E-state index in [4.69, 9.17) is 9.84 Å². The van der Waals surface area contributed by atoms with Crippen LogP contribution in [0.3, 0.4) is 0 Å². The normalized spacial score (nSPS) is 11.9. The third-order valence-electron chi connectivity index (χ3n) is 2.51. The van der Waals surface area contributed by atoms with Crippen LogP contribution in [0.5, 0.6) is 5.75 Å². The van der Waals surface area contributed by atoms with Crippen molar-refractivity contribution in [3.8, 4) is 5.75 Å². The Bertz CT molecular complexity index is 416. The maximum absolute atomic E-state index is 11.9. The number of aliphatic carboxylic acids is 1. The summed E-state index contributed by atoms with van der Waals surface area (Å²) < 4.78 is 5.03. The van der Waals surface area contributed by atoms with Gasteiger partial charge in [0.05, 0.1) is 7.11 Å². The highest BCUT2D eigenvalue weighted by Crippen LogP contribution is 2.24. The molecular formula is C12H17NO4S.